The number of benzene rings is 1. The van der Waals surface area contributed by atoms with E-state index < -0.39 is 0 Å². The summed E-state index contributed by atoms with van der Waals surface area (Å²) >= 11 is 1.74. The number of nitrogens with one attached hydrogen (secondary N) is 1. The molecule has 1 aliphatic heterocycles. The Kier molecular flexibility index (Phi) is 3.86. The Balaban J connectivity index is 1.53. The van der Waals surface area contributed by atoms with E-state index in [0.29, 0.717) is 0 Å². The van der Waals surface area contributed by atoms with Gasteiger partial charge in [0.15, 0.2) is 5.58 Å². The Morgan fingerprint density at radius 2 is 2.00 bits per heavy atom. The number of oxazole rings is 1. The van der Waals surface area contributed by atoms with E-state index >= 15 is 0 Å². The molecule has 2 heterocycles. The van der Waals surface area contributed by atoms with Crippen LogP contribution in [0.2, 0.25) is 0 Å². The molecule has 0 spiro atoms. The van der Waals surface area contributed by atoms with Crippen molar-refractivity contribution in [3.63, 3.8) is 0 Å². The minimum absolute atomic E-state index is 0.813. The Morgan fingerprint density at radius 3 is 2.83 bits per heavy atom. The SMILES string of the molecule is c1ccc2oc(SCC[NH+]3CCCCC3)nc2c1. The van der Waals surface area contributed by atoms with Gasteiger partial charge in [0.1, 0.15) is 5.52 Å². The smallest absolute Gasteiger partial charge is 0.256 e. The van der Waals surface area contributed by atoms with Crippen LogP contribution in [0.3, 0.4) is 0 Å². The molecule has 0 atom stereocenters. The first-order valence-corrected chi connectivity index (χ1v) is 7.72. The molecule has 3 nitrogen and oxygen atoms in total. The lowest BCUT2D eigenvalue weighted by Gasteiger charge is -2.22. The molecule has 0 radical (unpaired) electrons. The van der Waals surface area contributed by atoms with Crippen LogP contribution in [0.15, 0.2) is 33.9 Å². The number of aromatic nitrogens is 1. The van der Waals surface area contributed by atoms with E-state index in [1.165, 1.54) is 38.9 Å². The van der Waals surface area contributed by atoms with Crippen LogP contribution in [0.4, 0.5) is 0 Å². The van der Waals surface area contributed by atoms with Crippen molar-refractivity contribution in [3.8, 4) is 0 Å². The van der Waals surface area contributed by atoms with Crippen LogP contribution in [-0.2, 0) is 0 Å². The normalized spacial score (nSPS) is 17.3. The van der Waals surface area contributed by atoms with Crippen molar-refractivity contribution in [1.29, 1.82) is 0 Å². The minimum atomic E-state index is 0.813. The van der Waals surface area contributed by atoms with Crippen LogP contribution >= 0.6 is 11.8 Å². The second-order valence-corrected chi connectivity index (χ2v) is 5.90. The third-order valence-corrected chi connectivity index (χ3v) is 4.35. The van der Waals surface area contributed by atoms with Crippen molar-refractivity contribution in [3.05, 3.63) is 24.3 Å². The van der Waals surface area contributed by atoms with Gasteiger partial charge in [-0.3, -0.25) is 0 Å². The summed E-state index contributed by atoms with van der Waals surface area (Å²) in [5, 5.41) is 0.813. The Hall–Kier alpha value is -1.00. The Bertz CT molecular complexity index is 472. The number of rotatable bonds is 4. The Morgan fingerprint density at radius 1 is 1.17 bits per heavy atom. The van der Waals surface area contributed by atoms with Crippen molar-refractivity contribution in [2.75, 3.05) is 25.4 Å². The summed E-state index contributed by atoms with van der Waals surface area (Å²) in [5.74, 6) is 1.10. The molecule has 2 aromatic rings. The first-order valence-electron chi connectivity index (χ1n) is 6.74. The predicted molar refractivity (Wildman–Crippen MR) is 74.1 cm³/mol. The number of hydrogen-bond acceptors (Lipinski definition) is 3. The van der Waals surface area contributed by atoms with Crippen LogP contribution in [0.1, 0.15) is 19.3 Å². The second-order valence-electron chi connectivity index (χ2n) is 4.86. The van der Waals surface area contributed by atoms with Crippen molar-refractivity contribution >= 4 is 22.9 Å². The van der Waals surface area contributed by atoms with E-state index in [0.717, 1.165) is 22.1 Å². The summed E-state index contributed by atoms with van der Waals surface area (Å²) < 4.78 is 5.70. The molecule has 1 N–H and O–H groups in total. The predicted octanol–water partition coefficient (Wildman–Crippen LogP) is 1.99. The topological polar surface area (TPSA) is 30.5 Å². The number of fused-ring (bicyclic) bond motifs is 1. The summed E-state index contributed by atoms with van der Waals surface area (Å²) in [7, 11) is 0. The highest BCUT2D eigenvalue weighted by atomic mass is 32.2. The van der Waals surface area contributed by atoms with Gasteiger partial charge in [-0.15, -0.1) is 0 Å². The molecule has 1 aliphatic rings. The molecule has 0 saturated carbocycles. The van der Waals surface area contributed by atoms with Crippen molar-refractivity contribution in [2.24, 2.45) is 0 Å². The molecule has 3 rings (SSSR count). The zero-order chi connectivity index (χ0) is 12.2. The highest BCUT2D eigenvalue weighted by Gasteiger charge is 2.13. The lowest BCUT2D eigenvalue weighted by atomic mass is 10.1. The van der Waals surface area contributed by atoms with E-state index in [2.05, 4.69) is 4.98 Å². The summed E-state index contributed by atoms with van der Waals surface area (Å²) in [4.78, 5) is 6.22. The molecule has 1 aromatic carbocycles. The summed E-state index contributed by atoms with van der Waals surface area (Å²) in [6.45, 7) is 3.91. The molecule has 1 aromatic heterocycles. The number of hydrogen-bond donors (Lipinski definition) is 1. The second kappa shape index (κ2) is 5.76. The molecule has 1 saturated heterocycles. The summed E-state index contributed by atoms with van der Waals surface area (Å²) in [6, 6.07) is 7.96. The number of thioether (sulfide) groups is 1. The van der Waals surface area contributed by atoms with E-state index in [9.17, 15) is 0 Å². The van der Waals surface area contributed by atoms with Crippen LogP contribution in [-0.4, -0.2) is 30.4 Å². The minimum Gasteiger partial charge on any atom is -0.431 e. The number of quaternary nitrogens is 1. The quantitative estimate of drug-likeness (QED) is 0.856. The average Bonchev–Trinajstić information content (AvgIpc) is 2.82. The van der Waals surface area contributed by atoms with Gasteiger partial charge in [-0.05, 0) is 31.4 Å². The third-order valence-electron chi connectivity index (χ3n) is 3.52. The molecule has 1 fully saturated rings. The molecule has 0 unspecified atom stereocenters. The van der Waals surface area contributed by atoms with E-state index in [1.807, 2.05) is 24.3 Å². The summed E-state index contributed by atoms with van der Waals surface area (Å²) in [6.07, 6.45) is 4.20. The van der Waals surface area contributed by atoms with Gasteiger partial charge in [-0.1, -0.05) is 23.9 Å². The van der Waals surface area contributed by atoms with Crippen molar-refractivity contribution < 1.29 is 9.32 Å². The van der Waals surface area contributed by atoms with Gasteiger partial charge in [-0.25, -0.2) is 4.98 Å². The molecular formula is C14H19N2OS+. The van der Waals surface area contributed by atoms with Gasteiger partial charge in [0, 0.05) is 0 Å². The van der Waals surface area contributed by atoms with Gasteiger partial charge in [0.25, 0.3) is 5.22 Å². The molecule has 4 heteroatoms. The van der Waals surface area contributed by atoms with Gasteiger partial charge in [0.2, 0.25) is 0 Å². The Labute approximate surface area is 112 Å². The molecule has 0 bridgehead atoms. The maximum atomic E-state index is 5.70. The van der Waals surface area contributed by atoms with Gasteiger partial charge < -0.3 is 9.32 Å². The molecule has 96 valence electrons. The fourth-order valence-corrected chi connectivity index (χ4v) is 3.37. The third kappa shape index (κ3) is 2.87. The van der Waals surface area contributed by atoms with Crippen LogP contribution in [0.5, 0.6) is 0 Å². The van der Waals surface area contributed by atoms with Crippen LogP contribution in [0, 0.1) is 0 Å². The fourth-order valence-electron chi connectivity index (χ4n) is 2.50. The highest BCUT2D eigenvalue weighted by Crippen LogP contribution is 2.22. The average molecular weight is 263 g/mol. The number of piperidine rings is 1. The standard InChI is InChI=1S/C14H18N2OS/c1-4-8-16(9-5-1)10-11-18-14-15-12-6-2-3-7-13(12)17-14/h2-3,6-7H,1,4-5,8-11H2/p+1. The fraction of sp³-hybridized carbons (Fsp3) is 0.500. The van der Waals surface area contributed by atoms with E-state index in [1.54, 1.807) is 16.7 Å². The van der Waals surface area contributed by atoms with E-state index in [4.69, 9.17) is 4.42 Å². The molecule has 18 heavy (non-hydrogen) atoms. The van der Waals surface area contributed by atoms with E-state index in [-0.39, 0.29) is 0 Å². The number of para-hydroxylation sites is 2. The molecule has 0 aliphatic carbocycles. The molecule has 0 amide bonds. The first kappa shape index (κ1) is 12.1. The van der Waals surface area contributed by atoms with Crippen LogP contribution in [0.25, 0.3) is 11.1 Å². The monoisotopic (exact) mass is 263 g/mol. The van der Waals surface area contributed by atoms with Crippen molar-refractivity contribution in [1.82, 2.24) is 4.98 Å². The van der Waals surface area contributed by atoms with Crippen LogP contribution < -0.4 is 4.90 Å². The van der Waals surface area contributed by atoms with Crippen molar-refractivity contribution in [2.45, 2.75) is 24.5 Å². The van der Waals surface area contributed by atoms with Gasteiger partial charge in [-0.2, -0.15) is 0 Å². The maximum absolute atomic E-state index is 5.70. The zero-order valence-electron chi connectivity index (χ0n) is 10.5. The lowest BCUT2D eigenvalue weighted by molar-refractivity contribution is -0.902. The highest BCUT2D eigenvalue weighted by molar-refractivity contribution is 7.99. The lowest BCUT2D eigenvalue weighted by Crippen LogP contribution is -3.13. The zero-order valence-corrected chi connectivity index (χ0v) is 11.3. The van der Waals surface area contributed by atoms with Gasteiger partial charge >= 0.3 is 0 Å². The summed E-state index contributed by atoms with van der Waals surface area (Å²) in [5.41, 5.74) is 1.86. The molecular weight excluding hydrogens is 244 g/mol. The maximum Gasteiger partial charge on any atom is 0.256 e. The number of likely N-dealkylation sites (tertiary alicyclic amines) is 1. The largest absolute Gasteiger partial charge is 0.431 e. The van der Waals surface area contributed by atoms with Gasteiger partial charge in [0.05, 0.1) is 25.4 Å². The first-order chi connectivity index (χ1) is 8.92. The number of nitrogens with zero attached hydrogens (tertiary/aromatic N) is 1.